The number of nitriles is 1. The molecule has 24 aromatic rings. The molecule has 12 aromatic heterocycles. The molecule has 133 heavy (non-hydrogen) atoms. The third kappa shape index (κ3) is 18.1. The van der Waals surface area contributed by atoms with E-state index in [-0.39, 0.29) is 94.0 Å². The quantitative estimate of drug-likeness (QED) is 0.0740. The number of benzene rings is 12. The second-order valence-electron chi connectivity index (χ2n) is 28.1. The number of hydrogen-bond acceptors (Lipinski definition) is 16. The summed E-state index contributed by atoms with van der Waals surface area (Å²) in [6.07, 6.45) is 22.8. The third-order valence-corrected chi connectivity index (χ3v) is 20.6. The van der Waals surface area contributed by atoms with E-state index in [1.807, 2.05) is 155 Å². The van der Waals surface area contributed by atoms with Gasteiger partial charge in [0.1, 0.15) is 56.2 Å². The first-order valence-electron chi connectivity index (χ1n) is 39.4. The number of para-hydroxylation sites is 9. The van der Waals surface area contributed by atoms with Crippen LogP contribution >= 0.6 is 0 Å². The SMILES string of the molecule is Fc1c[c-]c(-c2ccccn2)c(F)c1.Fc1c[c-]c(-c2ccccn2)c(F)c1F.[C-]#[N+]c1c(-c2ccccn2)[c-]cc(C#N)c1F.[Ir+3].[Ir+3].[Ir+3].[c-]1cc2c3ccccc3n(-c3ncncn3)c2cc1-n1[c-]nc2ccccc21.[c-]1cc2c3ccccc3n(-c3ncncn3)c2cc1-n1[c-]nc2ccccc21.[c-]1cc2c3ccccc3n(-c3ncncn3)c2cc1-n1[c-]nc2ccccc21. The normalized spacial score (nSPS) is 10.7. The standard InChI is InChI=1S/3C22H12N6.C13H5FN3.C11H5F3N.C11H6F2N.3Ir/c3*1-3-7-19-16(5-1)17-10-9-15(27-14-26-18-6-2-4-8-20(18)27)11-21(17)28(19)22-24-12-23-13-25-22;1-16-13-10(11-4-2-3-7-17-11)6-5-9(8-15)12(13)14;12-8-5-4-7(10(13)11(8)14)9-3-1-2-6-15-9;12-8-4-5-9(10(13)7-8)11-3-1-2-6-14-11;;;/h3*1-8,10-13H;2-5,7H;1-3,5-6H;1-4,6-7H;;;/q3*-2;3*-1;3*+3. The van der Waals surface area contributed by atoms with Crippen LogP contribution in [0.25, 0.3) is 172 Å². The van der Waals surface area contributed by atoms with Crippen molar-refractivity contribution in [1.82, 2.24) is 102 Å². The molecule has 0 N–H and O–H groups in total. The number of aromatic nitrogens is 21. The van der Waals surface area contributed by atoms with Crippen molar-refractivity contribution in [3.63, 3.8) is 0 Å². The Morgan fingerprint density at radius 2 is 0.647 bits per heavy atom. The van der Waals surface area contributed by atoms with Crippen molar-refractivity contribution in [3.8, 4) is 74.7 Å². The van der Waals surface area contributed by atoms with Gasteiger partial charge >= 0.3 is 60.3 Å². The summed E-state index contributed by atoms with van der Waals surface area (Å²) in [5.74, 6) is -4.39. The van der Waals surface area contributed by atoms with Crippen molar-refractivity contribution in [3.05, 3.63) is 425 Å². The molecule has 0 bridgehead atoms. The van der Waals surface area contributed by atoms with Gasteiger partial charge in [0.15, 0.2) is 0 Å². The van der Waals surface area contributed by atoms with Gasteiger partial charge in [-0.25, -0.2) is 77.1 Å². The zero-order chi connectivity index (χ0) is 88.6. The number of imidazole rings is 3. The molecular weight excluding hydrogens is 2230 g/mol. The molecule has 12 heterocycles. The Bertz CT molecular complexity index is 7850. The zero-order valence-corrected chi connectivity index (χ0v) is 75.3. The van der Waals surface area contributed by atoms with Crippen LogP contribution in [0.1, 0.15) is 5.56 Å². The number of nitrogens with zero attached hydrogens (tertiary/aromatic N) is 23. The van der Waals surface area contributed by atoms with Gasteiger partial charge in [-0.15, -0.1) is 52.6 Å². The Hall–Kier alpha value is -16.6. The molecule has 23 nitrogen and oxygen atoms in total. The molecule has 0 fully saturated rings. The fraction of sp³-hybridized carbons (Fsp3) is 0. The Balaban J connectivity index is 0.000000118. The van der Waals surface area contributed by atoms with Crippen LogP contribution in [0.5, 0.6) is 0 Å². The maximum absolute atomic E-state index is 13.7. The maximum Gasteiger partial charge on any atom is 3.00 e. The Morgan fingerprint density at radius 3 is 1.01 bits per heavy atom. The van der Waals surface area contributed by atoms with E-state index in [0.717, 1.165) is 134 Å². The van der Waals surface area contributed by atoms with Crippen molar-refractivity contribution in [2.75, 3.05) is 0 Å². The van der Waals surface area contributed by atoms with Crippen LogP contribution in [0.15, 0.2) is 317 Å². The van der Waals surface area contributed by atoms with Crippen LogP contribution in [0.3, 0.4) is 0 Å². The second-order valence-corrected chi connectivity index (χ2v) is 28.1. The first kappa shape index (κ1) is 89.8. The molecule has 0 aliphatic rings. The van der Waals surface area contributed by atoms with E-state index < -0.39 is 34.9 Å². The zero-order valence-electron chi connectivity index (χ0n) is 68.1. The van der Waals surface area contributed by atoms with Crippen molar-refractivity contribution in [1.29, 1.82) is 5.26 Å². The molecule has 0 aliphatic heterocycles. The molecule has 0 atom stereocenters. The van der Waals surface area contributed by atoms with Crippen LogP contribution in [0, 0.1) is 108 Å². The van der Waals surface area contributed by atoms with E-state index >= 15 is 0 Å². The molecule has 640 valence electrons. The molecule has 0 aliphatic carbocycles. The summed E-state index contributed by atoms with van der Waals surface area (Å²) in [5, 5.41) is 15.3. The summed E-state index contributed by atoms with van der Waals surface area (Å²) in [6, 6.07) is 99.0. The molecular formula is C101H52F6Ir3N23. The van der Waals surface area contributed by atoms with Gasteiger partial charge < -0.3 is 57.3 Å². The Labute approximate surface area is 791 Å². The summed E-state index contributed by atoms with van der Waals surface area (Å²) < 4.78 is 90.2. The van der Waals surface area contributed by atoms with Gasteiger partial charge in [0.2, 0.25) is 17.8 Å². The third-order valence-electron chi connectivity index (χ3n) is 20.6. The number of pyridine rings is 3. The fourth-order valence-corrected chi connectivity index (χ4v) is 14.8. The monoisotopic (exact) mass is 2280 g/mol. The van der Waals surface area contributed by atoms with E-state index in [0.29, 0.717) is 29.2 Å². The van der Waals surface area contributed by atoms with Gasteiger partial charge in [-0.2, -0.15) is 58.3 Å². The molecule has 0 spiro atoms. The Morgan fingerprint density at radius 1 is 0.308 bits per heavy atom. The van der Waals surface area contributed by atoms with Crippen LogP contribution < -0.4 is 0 Å². The summed E-state index contributed by atoms with van der Waals surface area (Å²) >= 11 is 0. The molecule has 0 saturated carbocycles. The average molecular weight is 2280 g/mol. The van der Waals surface area contributed by atoms with E-state index in [2.05, 4.69) is 190 Å². The van der Waals surface area contributed by atoms with Crippen molar-refractivity contribution in [2.24, 2.45) is 0 Å². The molecule has 32 heteroatoms. The summed E-state index contributed by atoms with van der Waals surface area (Å²) in [7, 11) is 0. The minimum absolute atomic E-state index is 0. The van der Waals surface area contributed by atoms with Gasteiger partial charge in [-0.1, -0.05) is 214 Å². The van der Waals surface area contributed by atoms with Gasteiger partial charge in [0.25, 0.3) is 5.69 Å². The van der Waals surface area contributed by atoms with Crippen molar-refractivity contribution < 1.29 is 86.7 Å². The Kier molecular flexibility index (Phi) is 27.3. The first-order chi connectivity index (χ1) is 63.9. The van der Waals surface area contributed by atoms with Crippen LogP contribution in [-0.4, -0.2) is 102 Å². The summed E-state index contributed by atoms with van der Waals surface area (Å²) in [5.41, 5.74) is 15.3. The van der Waals surface area contributed by atoms with E-state index in [1.54, 1.807) is 67.0 Å². The predicted octanol–water partition coefficient (Wildman–Crippen LogP) is 20.6. The number of halogens is 6. The molecule has 0 unspecified atom stereocenters. The molecule has 24 rings (SSSR count). The van der Waals surface area contributed by atoms with E-state index in [9.17, 15) is 26.3 Å². The predicted molar refractivity (Wildman–Crippen MR) is 476 cm³/mol. The molecule has 12 aromatic carbocycles. The van der Waals surface area contributed by atoms with Gasteiger partial charge in [-0.05, 0) is 91.8 Å². The smallest absolute Gasteiger partial charge is 0.448 e. The molecule has 0 saturated heterocycles. The summed E-state index contributed by atoms with van der Waals surface area (Å²) in [4.78, 5) is 66.1. The van der Waals surface area contributed by atoms with Crippen molar-refractivity contribution >= 4 is 104 Å². The number of rotatable bonds is 9. The number of fused-ring (bicyclic) bond motifs is 12. The van der Waals surface area contributed by atoms with Gasteiger partial charge in [0.05, 0.1) is 17.7 Å². The average Bonchev–Trinajstić information content (AvgIpc) is 1.60. The van der Waals surface area contributed by atoms with Crippen LogP contribution in [0.2, 0.25) is 0 Å². The topological polar surface area (TPSA) is 251 Å². The molecule has 0 radical (unpaired) electrons. The minimum atomic E-state index is -1.51. The number of hydrogen-bond donors (Lipinski definition) is 0. The second kappa shape index (κ2) is 40.4. The maximum atomic E-state index is 13.7. The van der Waals surface area contributed by atoms with Gasteiger partial charge in [0, 0.05) is 71.3 Å². The minimum Gasteiger partial charge on any atom is -0.448 e. The van der Waals surface area contributed by atoms with E-state index in [4.69, 9.17) is 11.8 Å². The van der Waals surface area contributed by atoms with Crippen LogP contribution in [0.4, 0.5) is 32.0 Å². The van der Waals surface area contributed by atoms with Crippen LogP contribution in [-0.2, 0) is 60.3 Å². The fourth-order valence-electron chi connectivity index (χ4n) is 14.8. The van der Waals surface area contributed by atoms with E-state index in [1.165, 1.54) is 56.3 Å². The largest absolute Gasteiger partial charge is 3.00 e. The van der Waals surface area contributed by atoms with Crippen molar-refractivity contribution in [2.45, 2.75) is 0 Å². The van der Waals surface area contributed by atoms with Gasteiger partial charge in [-0.3, -0.25) is 17.6 Å². The first-order valence-corrected chi connectivity index (χ1v) is 39.4. The summed E-state index contributed by atoms with van der Waals surface area (Å²) in [6.45, 7) is 6.97. The molecule has 0 amide bonds.